The summed E-state index contributed by atoms with van der Waals surface area (Å²) in [4.78, 5) is 0. The maximum absolute atomic E-state index is 11.9. The molecule has 0 fully saturated rings. The molecule has 0 aromatic rings. The Bertz CT molecular complexity index is 124. The van der Waals surface area contributed by atoms with Gasteiger partial charge in [-0.25, -0.2) is 8.78 Å². The number of halogens is 3. The van der Waals surface area contributed by atoms with E-state index in [9.17, 15) is 8.78 Å². The molecule has 0 aromatic heterocycles. The molecule has 2 unspecified atom stereocenters. The van der Waals surface area contributed by atoms with Crippen LogP contribution in [0, 0.1) is 0 Å². The Morgan fingerprint density at radius 3 is 2.17 bits per heavy atom. The third kappa shape index (κ3) is 4.82. The van der Waals surface area contributed by atoms with Crippen LogP contribution in [0.5, 0.6) is 0 Å². The molecule has 0 heterocycles. The molecule has 0 bridgehead atoms. The minimum absolute atomic E-state index is 0. The van der Waals surface area contributed by atoms with Crippen LogP contribution in [0.4, 0.5) is 8.78 Å². The van der Waals surface area contributed by atoms with E-state index in [0.29, 0.717) is 0 Å². The Kier molecular flexibility index (Phi) is 6.83. The first-order valence-electron chi connectivity index (χ1n) is 3.29. The average molecular weight is 206 g/mol. The molecule has 76 valence electrons. The van der Waals surface area contributed by atoms with Gasteiger partial charge < -0.3 is 15.9 Å². The smallest absolute Gasteiger partial charge is 0.266 e. The minimum Gasteiger partial charge on any atom is -0.392 e. The van der Waals surface area contributed by atoms with Crippen LogP contribution in [0.15, 0.2) is 0 Å². The van der Waals surface area contributed by atoms with Gasteiger partial charge in [-0.2, -0.15) is 0 Å². The first-order valence-corrected chi connectivity index (χ1v) is 3.29. The largest absolute Gasteiger partial charge is 0.392 e. The molecule has 12 heavy (non-hydrogen) atoms. The maximum Gasteiger partial charge on any atom is 0.266 e. The molecular weight excluding hydrogens is 192 g/mol. The second kappa shape index (κ2) is 5.64. The predicted octanol–water partition coefficient (Wildman–Crippen LogP) is 0.134. The molecule has 0 rings (SSSR count). The van der Waals surface area contributed by atoms with Crippen molar-refractivity contribution in [1.29, 1.82) is 0 Å². The fourth-order valence-electron chi connectivity index (χ4n) is 0.649. The summed E-state index contributed by atoms with van der Waals surface area (Å²) < 4.78 is 23.8. The summed E-state index contributed by atoms with van der Waals surface area (Å²) in [6, 6.07) is 0. The van der Waals surface area contributed by atoms with Crippen molar-refractivity contribution in [1.82, 2.24) is 0 Å². The third-order valence-corrected chi connectivity index (χ3v) is 1.39. The van der Waals surface area contributed by atoms with Gasteiger partial charge in [0, 0.05) is 13.0 Å². The van der Waals surface area contributed by atoms with Crippen molar-refractivity contribution in [3.63, 3.8) is 0 Å². The van der Waals surface area contributed by atoms with Crippen molar-refractivity contribution in [2.24, 2.45) is 5.73 Å². The summed E-state index contributed by atoms with van der Waals surface area (Å²) >= 11 is 0. The van der Waals surface area contributed by atoms with Crippen LogP contribution in [-0.2, 0) is 0 Å². The lowest BCUT2D eigenvalue weighted by Gasteiger charge is -2.24. The Labute approximate surface area is 76.0 Å². The molecule has 2 atom stereocenters. The molecule has 4 N–H and O–H groups in total. The van der Waals surface area contributed by atoms with E-state index in [1.807, 2.05) is 0 Å². The van der Waals surface area contributed by atoms with Gasteiger partial charge in [0.1, 0.15) is 5.60 Å². The zero-order valence-corrected chi connectivity index (χ0v) is 7.52. The van der Waals surface area contributed by atoms with Crippen molar-refractivity contribution in [2.45, 2.75) is 31.5 Å². The summed E-state index contributed by atoms with van der Waals surface area (Å²) in [5.74, 6) is 0. The molecule has 0 saturated carbocycles. The molecular formula is C6H14ClF2NO2. The number of nitrogens with two attached hydrogens (primary N) is 1. The normalized spacial score (nSPS) is 18.2. The van der Waals surface area contributed by atoms with E-state index in [2.05, 4.69) is 0 Å². The predicted molar refractivity (Wildman–Crippen MR) is 43.6 cm³/mol. The minimum atomic E-state index is -2.86. The van der Waals surface area contributed by atoms with E-state index in [1.165, 1.54) is 0 Å². The summed E-state index contributed by atoms with van der Waals surface area (Å²) in [5.41, 5.74) is 2.83. The molecule has 0 saturated heterocycles. The number of aliphatic hydroxyl groups is 2. The highest BCUT2D eigenvalue weighted by atomic mass is 35.5. The van der Waals surface area contributed by atoms with Gasteiger partial charge >= 0.3 is 0 Å². The van der Waals surface area contributed by atoms with Crippen LogP contribution in [0.1, 0.15) is 13.3 Å². The monoisotopic (exact) mass is 205 g/mol. The molecule has 0 spiro atoms. The number of aliphatic hydroxyl groups excluding tert-OH is 1. The number of hydrogen-bond acceptors (Lipinski definition) is 3. The van der Waals surface area contributed by atoms with Crippen molar-refractivity contribution in [2.75, 3.05) is 6.54 Å². The Morgan fingerprint density at radius 2 is 1.92 bits per heavy atom. The molecule has 0 aliphatic rings. The highest BCUT2D eigenvalue weighted by Crippen LogP contribution is 2.20. The Hall–Kier alpha value is 0.0300. The highest BCUT2D eigenvalue weighted by Gasteiger charge is 2.33. The third-order valence-electron chi connectivity index (χ3n) is 1.39. The SMILES string of the molecule is CC(O)(CC(O)CN)C(F)F.Cl. The van der Waals surface area contributed by atoms with E-state index in [4.69, 9.17) is 15.9 Å². The summed E-state index contributed by atoms with van der Waals surface area (Å²) in [7, 11) is 0. The van der Waals surface area contributed by atoms with E-state index < -0.39 is 24.6 Å². The molecule has 3 nitrogen and oxygen atoms in total. The summed E-state index contributed by atoms with van der Waals surface area (Å²) in [5, 5.41) is 17.8. The Morgan fingerprint density at radius 1 is 1.50 bits per heavy atom. The van der Waals surface area contributed by atoms with Gasteiger partial charge in [-0.05, 0) is 6.92 Å². The first-order chi connectivity index (χ1) is 4.90. The molecule has 0 amide bonds. The highest BCUT2D eigenvalue weighted by molar-refractivity contribution is 5.85. The van der Waals surface area contributed by atoms with Gasteiger partial charge in [0.2, 0.25) is 0 Å². The lowest BCUT2D eigenvalue weighted by atomic mass is 9.99. The van der Waals surface area contributed by atoms with Crippen LogP contribution >= 0.6 is 12.4 Å². The standard InChI is InChI=1S/C6H13F2NO2.ClH/c1-6(11,5(7)8)2-4(10)3-9;/h4-5,10-11H,2-3,9H2,1H3;1H. The molecule has 0 aromatic carbocycles. The van der Waals surface area contributed by atoms with Crippen LogP contribution in [-0.4, -0.2) is 34.9 Å². The lowest BCUT2D eigenvalue weighted by molar-refractivity contribution is -0.104. The lowest BCUT2D eigenvalue weighted by Crippen LogP contribution is -2.39. The topological polar surface area (TPSA) is 66.5 Å². The second-order valence-electron chi connectivity index (χ2n) is 2.75. The van der Waals surface area contributed by atoms with Crippen LogP contribution < -0.4 is 5.73 Å². The zero-order chi connectivity index (χ0) is 9.07. The zero-order valence-electron chi connectivity index (χ0n) is 6.70. The van der Waals surface area contributed by atoms with Crippen LogP contribution in [0.25, 0.3) is 0 Å². The van der Waals surface area contributed by atoms with Crippen LogP contribution in [0.2, 0.25) is 0 Å². The average Bonchev–Trinajstić information content (AvgIpc) is 1.86. The number of hydrogen-bond donors (Lipinski definition) is 3. The number of alkyl halides is 2. The van der Waals surface area contributed by atoms with E-state index in [0.717, 1.165) is 6.92 Å². The first kappa shape index (κ1) is 14.5. The quantitative estimate of drug-likeness (QED) is 0.612. The molecule has 0 radical (unpaired) electrons. The van der Waals surface area contributed by atoms with Gasteiger partial charge in [-0.1, -0.05) is 0 Å². The van der Waals surface area contributed by atoms with Gasteiger partial charge in [-0.15, -0.1) is 12.4 Å². The summed E-state index contributed by atoms with van der Waals surface area (Å²) in [6.07, 6.45) is -4.33. The van der Waals surface area contributed by atoms with Crippen molar-refractivity contribution in [3.05, 3.63) is 0 Å². The van der Waals surface area contributed by atoms with E-state index in [1.54, 1.807) is 0 Å². The van der Waals surface area contributed by atoms with Crippen LogP contribution in [0.3, 0.4) is 0 Å². The molecule has 0 aliphatic carbocycles. The van der Waals surface area contributed by atoms with E-state index >= 15 is 0 Å². The van der Waals surface area contributed by atoms with Crippen molar-refractivity contribution in [3.8, 4) is 0 Å². The maximum atomic E-state index is 11.9. The van der Waals surface area contributed by atoms with Gasteiger partial charge in [-0.3, -0.25) is 0 Å². The Balaban J connectivity index is 0. The molecule has 0 aliphatic heterocycles. The van der Waals surface area contributed by atoms with Gasteiger partial charge in [0.25, 0.3) is 6.43 Å². The van der Waals surface area contributed by atoms with Crippen molar-refractivity contribution < 1.29 is 19.0 Å². The number of rotatable bonds is 4. The van der Waals surface area contributed by atoms with E-state index in [-0.39, 0.29) is 19.0 Å². The van der Waals surface area contributed by atoms with Gasteiger partial charge in [0.15, 0.2) is 0 Å². The van der Waals surface area contributed by atoms with Gasteiger partial charge in [0.05, 0.1) is 6.10 Å². The van der Waals surface area contributed by atoms with Crippen molar-refractivity contribution >= 4 is 12.4 Å². The fourth-order valence-corrected chi connectivity index (χ4v) is 0.649. The fraction of sp³-hybridized carbons (Fsp3) is 1.00. The second-order valence-corrected chi connectivity index (χ2v) is 2.75. The summed E-state index contributed by atoms with van der Waals surface area (Å²) in [6.45, 7) is 0.847. The molecule has 6 heteroatoms.